The lowest BCUT2D eigenvalue weighted by Gasteiger charge is -2.35. The van der Waals surface area contributed by atoms with Gasteiger partial charge in [-0.15, -0.1) is 0 Å². The first kappa shape index (κ1) is 14.9. The molecule has 0 bridgehead atoms. The summed E-state index contributed by atoms with van der Waals surface area (Å²) in [4.78, 5) is 16.4. The molecule has 0 aliphatic carbocycles. The van der Waals surface area contributed by atoms with Crippen molar-refractivity contribution in [1.29, 1.82) is 0 Å². The quantitative estimate of drug-likeness (QED) is 0.918. The second-order valence-electron chi connectivity index (χ2n) is 5.73. The number of nitrogens with one attached hydrogen (secondary N) is 1. The van der Waals surface area contributed by atoms with Crippen molar-refractivity contribution >= 4 is 6.03 Å². The van der Waals surface area contributed by atoms with Crippen LogP contribution in [0.1, 0.15) is 24.0 Å². The fourth-order valence-electron chi connectivity index (χ4n) is 2.65. The Morgan fingerprint density at radius 3 is 2.65 bits per heavy atom. The van der Waals surface area contributed by atoms with E-state index in [0.717, 1.165) is 25.9 Å². The zero-order chi connectivity index (χ0) is 14.5. The van der Waals surface area contributed by atoms with Crippen LogP contribution in [0.5, 0.6) is 0 Å². The fraction of sp³-hybridized carbons (Fsp3) is 0.562. The summed E-state index contributed by atoms with van der Waals surface area (Å²) in [6, 6.07) is 8.55. The van der Waals surface area contributed by atoms with Gasteiger partial charge in [-0.25, -0.2) is 4.79 Å². The Kier molecular flexibility index (Phi) is 5.01. The van der Waals surface area contributed by atoms with Gasteiger partial charge in [0.25, 0.3) is 0 Å². The highest BCUT2D eigenvalue weighted by Crippen LogP contribution is 2.14. The number of nitrogens with zero attached hydrogens (tertiary/aromatic N) is 2. The van der Waals surface area contributed by atoms with Gasteiger partial charge in [0.05, 0.1) is 0 Å². The van der Waals surface area contributed by atoms with Crippen LogP contribution in [-0.2, 0) is 6.54 Å². The highest BCUT2D eigenvalue weighted by Gasteiger charge is 2.23. The molecule has 1 N–H and O–H groups in total. The van der Waals surface area contributed by atoms with Crippen molar-refractivity contribution in [3.8, 4) is 0 Å². The molecule has 1 fully saturated rings. The van der Waals surface area contributed by atoms with Crippen molar-refractivity contribution in [3.05, 3.63) is 35.4 Å². The minimum atomic E-state index is 0.0304. The minimum absolute atomic E-state index is 0.0304. The maximum Gasteiger partial charge on any atom is 0.317 e. The van der Waals surface area contributed by atoms with Crippen LogP contribution >= 0.6 is 0 Å². The van der Waals surface area contributed by atoms with Gasteiger partial charge in [-0.2, -0.15) is 0 Å². The molecule has 2 rings (SSSR count). The van der Waals surface area contributed by atoms with Crippen LogP contribution in [0.2, 0.25) is 0 Å². The Balaban J connectivity index is 1.84. The van der Waals surface area contributed by atoms with Crippen LogP contribution in [-0.4, -0.2) is 49.1 Å². The molecule has 1 heterocycles. The molecule has 1 saturated heterocycles. The standard InChI is InChI=1S/C16H25N3O/c1-13-6-4-5-7-14(13)12-17-16(20)19(3)15-8-10-18(2)11-9-15/h4-7,15H,8-12H2,1-3H3,(H,17,20). The molecule has 1 aliphatic heterocycles. The molecule has 4 nitrogen and oxygen atoms in total. The second kappa shape index (κ2) is 6.75. The monoisotopic (exact) mass is 275 g/mol. The number of hydrogen-bond acceptors (Lipinski definition) is 2. The number of urea groups is 1. The van der Waals surface area contributed by atoms with E-state index in [0.29, 0.717) is 12.6 Å². The Bertz CT molecular complexity index is 453. The van der Waals surface area contributed by atoms with Crippen LogP contribution < -0.4 is 5.32 Å². The van der Waals surface area contributed by atoms with E-state index in [4.69, 9.17) is 0 Å². The summed E-state index contributed by atoms with van der Waals surface area (Å²) in [5.74, 6) is 0. The third-order valence-electron chi connectivity index (χ3n) is 4.25. The molecule has 20 heavy (non-hydrogen) atoms. The lowest BCUT2D eigenvalue weighted by Crippen LogP contribution is -2.48. The number of rotatable bonds is 3. The van der Waals surface area contributed by atoms with E-state index in [1.807, 2.05) is 24.1 Å². The predicted octanol–water partition coefficient (Wildman–Crippen LogP) is 2.23. The van der Waals surface area contributed by atoms with Gasteiger partial charge in [0.15, 0.2) is 0 Å². The summed E-state index contributed by atoms with van der Waals surface area (Å²) in [5, 5.41) is 3.02. The van der Waals surface area contributed by atoms with Crippen molar-refractivity contribution in [2.75, 3.05) is 27.2 Å². The van der Waals surface area contributed by atoms with E-state index in [1.165, 1.54) is 11.1 Å². The van der Waals surface area contributed by atoms with Crippen molar-refractivity contribution < 1.29 is 4.79 Å². The number of benzene rings is 1. The minimum Gasteiger partial charge on any atom is -0.334 e. The first-order valence-electron chi connectivity index (χ1n) is 7.31. The maximum absolute atomic E-state index is 12.2. The van der Waals surface area contributed by atoms with Crippen LogP contribution in [0.4, 0.5) is 4.79 Å². The predicted molar refractivity (Wildman–Crippen MR) is 81.7 cm³/mol. The molecule has 1 aliphatic rings. The molecule has 110 valence electrons. The molecule has 0 unspecified atom stereocenters. The molecule has 0 saturated carbocycles. The third kappa shape index (κ3) is 3.73. The topological polar surface area (TPSA) is 35.6 Å². The SMILES string of the molecule is Cc1ccccc1CNC(=O)N(C)C1CCN(C)CC1. The zero-order valence-electron chi connectivity index (χ0n) is 12.7. The van der Waals surface area contributed by atoms with Crippen molar-refractivity contribution in [3.63, 3.8) is 0 Å². The number of likely N-dealkylation sites (tertiary alicyclic amines) is 1. The van der Waals surface area contributed by atoms with Crippen molar-refractivity contribution in [2.45, 2.75) is 32.4 Å². The third-order valence-corrected chi connectivity index (χ3v) is 4.25. The first-order chi connectivity index (χ1) is 9.58. The fourth-order valence-corrected chi connectivity index (χ4v) is 2.65. The molecule has 1 aromatic rings. The van der Waals surface area contributed by atoms with Gasteiger partial charge in [-0.3, -0.25) is 0 Å². The molecule has 0 aromatic heterocycles. The summed E-state index contributed by atoms with van der Waals surface area (Å²) >= 11 is 0. The number of piperidine rings is 1. The highest BCUT2D eigenvalue weighted by atomic mass is 16.2. The Morgan fingerprint density at radius 1 is 1.35 bits per heavy atom. The summed E-state index contributed by atoms with van der Waals surface area (Å²) in [6.07, 6.45) is 2.12. The van der Waals surface area contributed by atoms with E-state index in [1.54, 1.807) is 0 Å². The summed E-state index contributed by atoms with van der Waals surface area (Å²) in [6.45, 7) is 4.81. The summed E-state index contributed by atoms with van der Waals surface area (Å²) in [7, 11) is 4.04. The van der Waals surface area contributed by atoms with Crippen molar-refractivity contribution in [2.24, 2.45) is 0 Å². The summed E-state index contributed by atoms with van der Waals surface area (Å²) < 4.78 is 0. The number of carbonyl (C=O) groups excluding carboxylic acids is 1. The molecule has 0 radical (unpaired) electrons. The molecule has 0 atom stereocenters. The van der Waals surface area contributed by atoms with Crippen LogP contribution in [0.3, 0.4) is 0 Å². The lowest BCUT2D eigenvalue weighted by atomic mass is 10.0. The summed E-state index contributed by atoms with van der Waals surface area (Å²) in [5.41, 5.74) is 2.40. The van der Waals surface area contributed by atoms with Gasteiger partial charge < -0.3 is 15.1 Å². The van der Waals surface area contributed by atoms with Crippen LogP contribution in [0.15, 0.2) is 24.3 Å². The largest absolute Gasteiger partial charge is 0.334 e. The number of carbonyl (C=O) groups is 1. The molecule has 2 amide bonds. The Labute approximate surface area is 121 Å². The molecular formula is C16H25N3O. The van der Waals surface area contributed by atoms with Crippen molar-refractivity contribution in [1.82, 2.24) is 15.1 Å². The number of hydrogen-bond donors (Lipinski definition) is 1. The molecule has 0 spiro atoms. The maximum atomic E-state index is 12.2. The molecule has 4 heteroatoms. The van der Waals surface area contributed by atoms with Gasteiger partial charge in [-0.05, 0) is 51.0 Å². The van der Waals surface area contributed by atoms with Gasteiger partial charge in [0.2, 0.25) is 0 Å². The van der Waals surface area contributed by atoms with E-state index < -0.39 is 0 Å². The van der Waals surface area contributed by atoms with Crippen LogP contribution in [0.25, 0.3) is 0 Å². The van der Waals surface area contributed by atoms with E-state index >= 15 is 0 Å². The van der Waals surface area contributed by atoms with Gasteiger partial charge in [0, 0.05) is 19.6 Å². The average molecular weight is 275 g/mol. The Hall–Kier alpha value is -1.55. The molecule has 1 aromatic carbocycles. The molecular weight excluding hydrogens is 250 g/mol. The Morgan fingerprint density at radius 2 is 2.00 bits per heavy atom. The smallest absolute Gasteiger partial charge is 0.317 e. The number of amides is 2. The van der Waals surface area contributed by atoms with E-state index in [9.17, 15) is 4.79 Å². The van der Waals surface area contributed by atoms with Gasteiger partial charge in [0.1, 0.15) is 0 Å². The zero-order valence-corrected chi connectivity index (χ0v) is 12.7. The number of aryl methyl sites for hydroxylation is 1. The van der Waals surface area contributed by atoms with Gasteiger partial charge >= 0.3 is 6.03 Å². The van der Waals surface area contributed by atoms with E-state index in [2.05, 4.69) is 36.3 Å². The normalized spacial score (nSPS) is 16.9. The van der Waals surface area contributed by atoms with Crippen LogP contribution in [0, 0.1) is 6.92 Å². The van der Waals surface area contributed by atoms with Gasteiger partial charge in [-0.1, -0.05) is 24.3 Å². The van der Waals surface area contributed by atoms with E-state index in [-0.39, 0.29) is 6.03 Å². The average Bonchev–Trinajstić information content (AvgIpc) is 2.46. The second-order valence-corrected chi connectivity index (χ2v) is 5.73. The first-order valence-corrected chi connectivity index (χ1v) is 7.31. The lowest BCUT2D eigenvalue weighted by molar-refractivity contribution is 0.147. The highest BCUT2D eigenvalue weighted by molar-refractivity contribution is 5.74.